The highest BCUT2D eigenvalue weighted by Crippen LogP contribution is 2.02. The van der Waals surface area contributed by atoms with Crippen LogP contribution in [0.15, 0.2) is 0 Å². The summed E-state index contributed by atoms with van der Waals surface area (Å²) in [4.78, 5) is 23.5. The Hall–Kier alpha value is -1.10. The number of hydrogen-bond acceptors (Lipinski definition) is 3. The van der Waals surface area contributed by atoms with Gasteiger partial charge in [-0.3, -0.25) is 4.79 Å². The van der Waals surface area contributed by atoms with E-state index in [2.05, 4.69) is 5.32 Å². The van der Waals surface area contributed by atoms with Crippen LogP contribution < -0.4 is 5.32 Å². The maximum absolute atomic E-state index is 10.7. The predicted molar refractivity (Wildman–Crippen MR) is 57.6 cm³/mol. The predicted octanol–water partition coefficient (Wildman–Crippen LogP) is 0.308. The van der Waals surface area contributed by atoms with E-state index in [0.717, 1.165) is 19.4 Å². The Kier molecular flexibility index (Phi) is 6.70. The highest BCUT2D eigenvalue weighted by molar-refractivity contribution is 5.81. The third kappa shape index (κ3) is 7.93. The van der Waals surface area contributed by atoms with Crippen LogP contribution in [0.2, 0.25) is 0 Å². The second-order valence-corrected chi connectivity index (χ2v) is 3.89. The van der Waals surface area contributed by atoms with Gasteiger partial charge in [0.2, 0.25) is 5.91 Å². The molecule has 0 aromatic carbocycles. The zero-order chi connectivity index (χ0) is 11.8. The lowest BCUT2D eigenvalue weighted by Gasteiger charge is -2.14. The number of aliphatic carboxylic acids is 1. The molecule has 0 saturated heterocycles. The van der Waals surface area contributed by atoms with Gasteiger partial charge in [-0.25, -0.2) is 4.79 Å². The molecule has 1 atom stereocenters. The molecule has 0 aliphatic heterocycles. The molecular formula is C10H20N2O3. The average Bonchev–Trinajstić information content (AvgIpc) is 2.08. The molecule has 0 fully saturated rings. The van der Waals surface area contributed by atoms with E-state index in [0.29, 0.717) is 6.42 Å². The fourth-order valence-corrected chi connectivity index (χ4v) is 1.28. The van der Waals surface area contributed by atoms with Gasteiger partial charge >= 0.3 is 5.97 Å². The monoisotopic (exact) mass is 216 g/mol. The fourth-order valence-electron chi connectivity index (χ4n) is 1.28. The molecule has 0 aliphatic rings. The Morgan fingerprint density at radius 3 is 2.33 bits per heavy atom. The molecule has 0 heterocycles. The molecule has 15 heavy (non-hydrogen) atoms. The number of nitrogens with zero attached hydrogens (tertiary/aromatic N) is 1. The van der Waals surface area contributed by atoms with Crippen molar-refractivity contribution in [1.29, 1.82) is 0 Å². The maximum Gasteiger partial charge on any atom is 0.326 e. The first kappa shape index (κ1) is 13.9. The molecular weight excluding hydrogens is 196 g/mol. The van der Waals surface area contributed by atoms with Crippen LogP contribution in [0.1, 0.15) is 26.2 Å². The molecule has 0 saturated carbocycles. The SMILES string of the molecule is CC(=O)N[C@@H](CCCCN(C)C)C(=O)O. The Balaban J connectivity index is 3.77. The van der Waals surface area contributed by atoms with Gasteiger partial charge in [-0.1, -0.05) is 0 Å². The van der Waals surface area contributed by atoms with Gasteiger partial charge in [0.15, 0.2) is 0 Å². The summed E-state index contributed by atoms with van der Waals surface area (Å²) in [6, 6.07) is -0.746. The molecule has 1 amide bonds. The summed E-state index contributed by atoms with van der Waals surface area (Å²) in [5, 5.41) is 11.2. The third-order valence-corrected chi connectivity index (χ3v) is 2.02. The Labute approximate surface area is 90.5 Å². The van der Waals surface area contributed by atoms with E-state index in [9.17, 15) is 9.59 Å². The molecule has 0 aromatic rings. The normalized spacial score (nSPS) is 12.5. The van der Waals surface area contributed by atoms with Gasteiger partial charge in [-0.2, -0.15) is 0 Å². The highest BCUT2D eigenvalue weighted by atomic mass is 16.4. The molecule has 2 N–H and O–H groups in total. The smallest absolute Gasteiger partial charge is 0.326 e. The number of carbonyl (C=O) groups is 2. The molecule has 0 bridgehead atoms. The first-order chi connectivity index (χ1) is 6.93. The van der Waals surface area contributed by atoms with Crippen LogP contribution in [0.5, 0.6) is 0 Å². The molecule has 0 aromatic heterocycles. The van der Waals surface area contributed by atoms with Crippen LogP contribution in [0, 0.1) is 0 Å². The van der Waals surface area contributed by atoms with E-state index in [1.54, 1.807) is 0 Å². The van der Waals surface area contributed by atoms with Gasteiger partial charge in [0.25, 0.3) is 0 Å². The summed E-state index contributed by atoms with van der Waals surface area (Å²) in [6.45, 7) is 2.27. The van der Waals surface area contributed by atoms with E-state index in [1.165, 1.54) is 6.92 Å². The van der Waals surface area contributed by atoms with Gasteiger partial charge < -0.3 is 15.3 Å². The molecule has 0 unspecified atom stereocenters. The lowest BCUT2D eigenvalue weighted by Crippen LogP contribution is -2.39. The van der Waals surface area contributed by atoms with Crippen molar-refractivity contribution in [1.82, 2.24) is 10.2 Å². The van der Waals surface area contributed by atoms with Gasteiger partial charge in [-0.15, -0.1) is 0 Å². The number of carboxylic acid groups (broad SMARTS) is 1. The summed E-state index contributed by atoms with van der Waals surface area (Å²) in [7, 11) is 3.95. The van der Waals surface area contributed by atoms with Crippen molar-refractivity contribution in [3.8, 4) is 0 Å². The maximum atomic E-state index is 10.7. The minimum atomic E-state index is -0.963. The second kappa shape index (κ2) is 7.23. The van der Waals surface area contributed by atoms with E-state index < -0.39 is 12.0 Å². The standard InChI is InChI=1S/C10H20N2O3/c1-8(13)11-9(10(14)15)6-4-5-7-12(2)3/h9H,4-7H2,1-3H3,(H,11,13)(H,14,15)/t9-/m0/s1. The van der Waals surface area contributed by atoms with Crippen LogP contribution in [-0.2, 0) is 9.59 Å². The average molecular weight is 216 g/mol. The third-order valence-electron chi connectivity index (χ3n) is 2.02. The van der Waals surface area contributed by atoms with Crippen molar-refractivity contribution >= 4 is 11.9 Å². The van der Waals surface area contributed by atoms with Gasteiger partial charge in [0, 0.05) is 6.92 Å². The van der Waals surface area contributed by atoms with E-state index >= 15 is 0 Å². The first-order valence-electron chi connectivity index (χ1n) is 5.08. The van der Waals surface area contributed by atoms with Crippen molar-refractivity contribution in [2.45, 2.75) is 32.2 Å². The van der Waals surface area contributed by atoms with E-state index in [4.69, 9.17) is 5.11 Å². The minimum Gasteiger partial charge on any atom is -0.480 e. The number of carboxylic acids is 1. The molecule has 0 spiro atoms. The van der Waals surface area contributed by atoms with Crippen molar-refractivity contribution in [2.75, 3.05) is 20.6 Å². The highest BCUT2D eigenvalue weighted by Gasteiger charge is 2.17. The minimum absolute atomic E-state index is 0.296. The van der Waals surface area contributed by atoms with Gasteiger partial charge in [-0.05, 0) is 39.9 Å². The van der Waals surface area contributed by atoms with Crippen LogP contribution in [0.4, 0.5) is 0 Å². The zero-order valence-corrected chi connectivity index (χ0v) is 9.62. The number of rotatable bonds is 7. The van der Waals surface area contributed by atoms with Crippen molar-refractivity contribution in [3.05, 3.63) is 0 Å². The van der Waals surface area contributed by atoms with Crippen LogP contribution in [-0.4, -0.2) is 48.6 Å². The summed E-state index contributed by atoms with van der Waals surface area (Å²) < 4.78 is 0. The van der Waals surface area contributed by atoms with Gasteiger partial charge in [0.05, 0.1) is 0 Å². The number of unbranched alkanes of at least 4 members (excludes halogenated alkanes) is 1. The molecule has 0 aliphatic carbocycles. The largest absolute Gasteiger partial charge is 0.480 e. The van der Waals surface area contributed by atoms with E-state index in [1.807, 2.05) is 19.0 Å². The van der Waals surface area contributed by atoms with Crippen molar-refractivity contribution < 1.29 is 14.7 Å². The fraction of sp³-hybridized carbons (Fsp3) is 0.800. The van der Waals surface area contributed by atoms with E-state index in [-0.39, 0.29) is 5.91 Å². The van der Waals surface area contributed by atoms with Gasteiger partial charge in [0.1, 0.15) is 6.04 Å². The summed E-state index contributed by atoms with van der Waals surface area (Å²) in [5.74, 6) is -1.26. The molecule has 0 radical (unpaired) electrons. The van der Waals surface area contributed by atoms with Crippen LogP contribution >= 0.6 is 0 Å². The molecule has 5 heteroatoms. The Bertz CT molecular complexity index is 217. The Morgan fingerprint density at radius 1 is 1.33 bits per heavy atom. The topological polar surface area (TPSA) is 69.6 Å². The second-order valence-electron chi connectivity index (χ2n) is 3.89. The summed E-state index contributed by atoms with van der Waals surface area (Å²) in [6.07, 6.45) is 2.23. The molecule has 5 nitrogen and oxygen atoms in total. The van der Waals surface area contributed by atoms with Crippen molar-refractivity contribution in [2.24, 2.45) is 0 Å². The summed E-state index contributed by atoms with van der Waals surface area (Å²) in [5.41, 5.74) is 0. The number of hydrogen-bond donors (Lipinski definition) is 2. The summed E-state index contributed by atoms with van der Waals surface area (Å²) >= 11 is 0. The quantitative estimate of drug-likeness (QED) is 0.601. The molecule has 88 valence electrons. The first-order valence-corrected chi connectivity index (χ1v) is 5.08. The van der Waals surface area contributed by atoms with Crippen LogP contribution in [0.25, 0.3) is 0 Å². The zero-order valence-electron chi connectivity index (χ0n) is 9.62. The number of amides is 1. The lowest BCUT2D eigenvalue weighted by atomic mass is 10.1. The number of carbonyl (C=O) groups excluding carboxylic acids is 1. The number of nitrogens with one attached hydrogen (secondary N) is 1. The van der Waals surface area contributed by atoms with Crippen molar-refractivity contribution in [3.63, 3.8) is 0 Å². The van der Waals surface area contributed by atoms with Crippen LogP contribution in [0.3, 0.4) is 0 Å². The lowest BCUT2D eigenvalue weighted by molar-refractivity contribution is -0.141. The molecule has 0 rings (SSSR count). The Morgan fingerprint density at radius 2 is 1.93 bits per heavy atom.